The summed E-state index contributed by atoms with van der Waals surface area (Å²) in [5, 5.41) is 21.1. The minimum atomic E-state index is -0.734. The van der Waals surface area contributed by atoms with Crippen LogP contribution in [0.3, 0.4) is 0 Å². The van der Waals surface area contributed by atoms with Crippen molar-refractivity contribution in [3.05, 3.63) is 100 Å². The second kappa shape index (κ2) is 11.5. The van der Waals surface area contributed by atoms with Crippen molar-refractivity contribution in [2.45, 2.75) is 18.5 Å². The average Bonchev–Trinajstić information content (AvgIpc) is 3.37. The Morgan fingerprint density at radius 1 is 1.00 bits per heavy atom. The van der Waals surface area contributed by atoms with Crippen LogP contribution in [0.2, 0.25) is 0 Å². The first-order valence-corrected chi connectivity index (χ1v) is 12.0. The summed E-state index contributed by atoms with van der Waals surface area (Å²) >= 11 is 0. The summed E-state index contributed by atoms with van der Waals surface area (Å²) in [5.74, 6) is -0.843. The van der Waals surface area contributed by atoms with E-state index in [0.717, 1.165) is 17.2 Å². The van der Waals surface area contributed by atoms with Gasteiger partial charge in [0.15, 0.2) is 0 Å². The van der Waals surface area contributed by atoms with E-state index in [0.29, 0.717) is 30.8 Å². The lowest BCUT2D eigenvalue weighted by Crippen LogP contribution is -2.38. The van der Waals surface area contributed by atoms with Crippen LogP contribution in [0.1, 0.15) is 45.1 Å². The van der Waals surface area contributed by atoms with Crippen molar-refractivity contribution < 1.29 is 18.7 Å². The van der Waals surface area contributed by atoms with Crippen LogP contribution in [-0.4, -0.2) is 55.0 Å². The van der Waals surface area contributed by atoms with Crippen molar-refractivity contribution in [1.29, 1.82) is 10.5 Å². The largest absolute Gasteiger partial charge is 0.414 e. The monoisotopic (exact) mass is 511 g/mol. The van der Waals surface area contributed by atoms with Crippen LogP contribution in [0, 0.1) is 28.5 Å². The number of nitrogens with zero attached hydrogens (tertiary/aromatic N) is 4. The van der Waals surface area contributed by atoms with Gasteiger partial charge in [-0.1, -0.05) is 24.3 Å². The topological polar surface area (TPSA) is 109 Å². The highest BCUT2D eigenvalue weighted by Crippen LogP contribution is 2.33. The zero-order chi connectivity index (χ0) is 27.2. The lowest BCUT2D eigenvalue weighted by molar-refractivity contribution is 0.0932. The van der Waals surface area contributed by atoms with Gasteiger partial charge in [-0.05, 0) is 60.0 Å². The van der Waals surface area contributed by atoms with Crippen molar-refractivity contribution in [2.75, 3.05) is 27.2 Å². The van der Waals surface area contributed by atoms with Crippen LogP contribution < -0.4 is 10.1 Å². The zero-order valence-electron chi connectivity index (χ0n) is 21.0. The minimum Gasteiger partial charge on any atom is -0.410 e. The molecule has 0 aromatic heterocycles. The Balaban J connectivity index is 1.54. The second-order valence-electron chi connectivity index (χ2n) is 9.23. The van der Waals surface area contributed by atoms with E-state index in [9.17, 15) is 19.2 Å². The third-order valence-electron chi connectivity index (χ3n) is 6.38. The molecular weight excluding hydrogens is 485 g/mol. The second-order valence-corrected chi connectivity index (χ2v) is 9.23. The number of halogens is 1. The molecule has 1 heterocycles. The molecule has 2 amide bonds. The predicted octanol–water partition coefficient (Wildman–Crippen LogP) is 4.22. The van der Waals surface area contributed by atoms with E-state index in [1.165, 1.54) is 17.0 Å². The summed E-state index contributed by atoms with van der Waals surface area (Å²) in [7, 11) is 3.21. The Hall–Kier alpha value is -4.73. The fourth-order valence-electron chi connectivity index (χ4n) is 4.44. The number of rotatable bonds is 6. The zero-order valence-corrected chi connectivity index (χ0v) is 21.0. The summed E-state index contributed by atoms with van der Waals surface area (Å²) in [6.45, 7) is 1.19. The van der Waals surface area contributed by atoms with Gasteiger partial charge in [-0.3, -0.25) is 9.69 Å². The summed E-state index contributed by atoms with van der Waals surface area (Å²) in [6.07, 6.45) is 0.188. The Labute approximate surface area is 220 Å². The van der Waals surface area contributed by atoms with Gasteiger partial charge in [0.2, 0.25) is 0 Å². The van der Waals surface area contributed by atoms with Gasteiger partial charge in [-0.2, -0.15) is 10.5 Å². The maximum atomic E-state index is 14.3. The molecule has 0 bridgehead atoms. The normalized spacial score (nSPS) is 15.7. The molecule has 0 saturated carbocycles. The number of nitrogens with one attached hydrogen (secondary N) is 1. The maximum Gasteiger partial charge on any atom is 0.414 e. The van der Waals surface area contributed by atoms with Gasteiger partial charge in [0.1, 0.15) is 11.6 Å². The molecule has 1 saturated heterocycles. The molecule has 192 valence electrons. The molecule has 4 rings (SSSR count). The first-order valence-electron chi connectivity index (χ1n) is 12.0. The van der Waals surface area contributed by atoms with Gasteiger partial charge >= 0.3 is 6.09 Å². The molecule has 3 aromatic carbocycles. The average molecular weight is 512 g/mol. The van der Waals surface area contributed by atoms with Gasteiger partial charge in [-0.25, -0.2) is 9.18 Å². The molecule has 1 aliphatic rings. The van der Waals surface area contributed by atoms with Crippen LogP contribution >= 0.6 is 0 Å². The highest BCUT2D eigenvalue weighted by atomic mass is 19.1. The third kappa shape index (κ3) is 5.97. The Morgan fingerprint density at radius 3 is 2.18 bits per heavy atom. The van der Waals surface area contributed by atoms with Crippen molar-refractivity contribution in [3.63, 3.8) is 0 Å². The Bertz CT molecular complexity index is 1410. The maximum absolute atomic E-state index is 14.3. The van der Waals surface area contributed by atoms with Gasteiger partial charge in [0, 0.05) is 33.2 Å². The third-order valence-corrected chi connectivity index (χ3v) is 6.38. The molecule has 2 atom stereocenters. The molecule has 9 heteroatoms. The lowest BCUT2D eigenvalue weighted by atomic mass is 9.96. The molecule has 1 unspecified atom stereocenters. The van der Waals surface area contributed by atoms with Crippen molar-refractivity contribution >= 4 is 12.0 Å². The fourth-order valence-corrected chi connectivity index (χ4v) is 4.44. The number of amides is 2. The number of hydrogen-bond donors (Lipinski definition) is 1. The number of carbonyl (C=O) groups excluding carboxylic acids is 2. The van der Waals surface area contributed by atoms with E-state index >= 15 is 0 Å². The van der Waals surface area contributed by atoms with Crippen LogP contribution in [0.4, 0.5) is 9.18 Å². The predicted molar refractivity (Wildman–Crippen MR) is 138 cm³/mol. The first-order chi connectivity index (χ1) is 18.3. The summed E-state index contributed by atoms with van der Waals surface area (Å²) in [5.41, 5.74) is 2.51. The van der Waals surface area contributed by atoms with Gasteiger partial charge in [0.05, 0.1) is 34.9 Å². The molecule has 1 fully saturated rings. The van der Waals surface area contributed by atoms with E-state index in [1.807, 2.05) is 30.3 Å². The smallest absolute Gasteiger partial charge is 0.410 e. The quantitative estimate of drug-likeness (QED) is 0.531. The number of carbonyl (C=O) groups is 2. The number of ether oxygens (including phenoxy) is 1. The van der Waals surface area contributed by atoms with E-state index in [4.69, 9.17) is 10.00 Å². The van der Waals surface area contributed by atoms with E-state index in [-0.39, 0.29) is 23.2 Å². The summed E-state index contributed by atoms with van der Waals surface area (Å²) < 4.78 is 19.7. The molecular formula is C29H26FN5O3. The highest BCUT2D eigenvalue weighted by Gasteiger charge is 2.31. The van der Waals surface area contributed by atoms with Crippen LogP contribution in [0.25, 0.3) is 0 Å². The minimum absolute atomic E-state index is 0.103. The highest BCUT2D eigenvalue weighted by molar-refractivity contribution is 5.94. The number of hydrogen-bond acceptors (Lipinski definition) is 6. The Morgan fingerprint density at radius 2 is 1.61 bits per heavy atom. The fraction of sp³-hybridized carbons (Fsp3) is 0.241. The van der Waals surface area contributed by atoms with Crippen LogP contribution in [0.5, 0.6) is 5.75 Å². The van der Waals surface area contributed by atoms with Crippen LogP contribution in [-0.2, 0) is 0 Å². The van der Waals surface area contributed by atoms with Gasteiger partial charge in [-0.15, -0.1) is 0 Å². The lowest BCUT2D eigenvalue weighted by Gasteiger charge is -2.29. The molecule has 0 aliphatic carbocycles. The standard InChI is InChI=1S/C29H26FN5O3/c1-34(2)29(37)38-24-10-8-22(9-11-24)27(21-6-3-19(16-31)4-7-21)35-14-13-23(18-35)33-28(36)25-12-5-20(17-32)15-26(25)30/h3-12,15,23,27H,13-14,18H2,1-2H3,(H,33,36)/t23?,27-/m1/s1. The molecule has 0 spiro atoms. The molecule has 8 nitrogen and oxygen atoms in total. The Kier molecular flexibility index (Phi) is 8.00. The SMILES string of the molecule is CN(C)C(=O)Oc1ccc([C@@H](c2ccc(C#N)cc2)N2CCC(NC(=O)c3ccc(C#N)cc3F)C2)cc1. The molecule has 38 heavy (non-hydrogen) atoms. The molecule has 1 aliphatic heterocycles. The van der Waals surface area contributed by atoms with E-state index in [2.05, 4.69) is 16.3 Å². The van der Waals surface area contributed by atoms with Gasteiger partial charge in [0.25, 0.3) is 5.91 Å². The van der Waals surface area contributed by atoms with Crippen molar-refractivity contribution in [3.8, 4) is 17.9 Å². The number of likely N-dealkylation sites (tertiary alicyclic amines) is 1. The van der Waals surface area contributed by atoms with E-state index in [1.54, 1.807) is 38.4 Å². The molecule has 3 aromatic rings. The molecule has 0 radical (unpaired) electrons. The van der Waals surface area contributed by atoms with Crippen LogP contribution in [0.15, 0.2) is 66.7 Å². The number of nitriles is 2. The van der Waals surface area contributed by atoms with Crippen molar-refractivity contribution in [2.24, 2.45) is 0 Å². The summed E-state index contributed by atoms with van der Waals surface area (Å²) in [4.78, 5) is 28.2. The first kappa shape index (κ1) is 26.3. The van der Waals surface area contributed by atoms with E-state index < -0.39 is 17.8 Å². The summed E-state index contributed by atoms with van der Waals surface area (Å²) in [6, 6.07) is 22.0. The number of benzene rings is 3. The van der Waals surface area contributed by atoms with Crippen molar-refractivity contribution in [1.82, 2.24) is 15.1 Å². The van der Waals surface area contributed by atoms with Gasteiger partial charge < -0.3 is 15.0 Å². The molecule has 1 N–H and O–H groups in total.